The van der Waals surface area contributed by atoms with E-state index in [1.807, 2.05) is 0 Å². The van der Waals surface area contributed by atoms with Gasteiger partial charge in [-0.2, -0.15) is 0 Å². The number of hydrogen-bond donors (Lipinski definition) is 0. The highest BCUT2D eigenvalue weighted by Crippen LogP contribution is 2.34. The van der Waals surface area contributed by atoms with E-state index in [4.69, 9.17) is 9.47 Å². The highest BCUT2D eigenvalue weighted by Gasteiger charge is 2.20. The Bertz CT molecular complexity index is 375. The maximum Gasteiger partial charge on any atom is 0.305 e. The van der Waals surface area contributed by atoms with Crippen molar-refractivity contribution in [3.63, 3.8) is 0 Å². The summed E-state index contributed by atoms with van der Waals surface area (Å²) in [6, 6.07) is 0. The van der Waals surface area contributed by atoms with Crippen molar-refractivity contribution in [2.45, 2.75) is 109 Å². The Morgan fingerprint density at radius 1 is 0.556 bits per heavy atom. The largest absolute Gasteiger partial charge is 0.466 e. The summed E-state index contributed by atoms with van der Waals surface area (Å²) in [7, 11) is 0. The minimum absolute atomic E-state index is 0.116. The van der Waals surface area contributed by atoms with E-state index in [0.29, 0.717) is 32.5 Å². The Balaban J connectivity index is 1.26. The van der Waals surface area contributed by atoms with Crippen LogP contribution in [-0.4, -0.2) is 25.2 Å². The lowest BCUT2D eigenvalue weighted by molar-refractivity contribution is -0.146. The van der Waals surface area contributed by atoms with Crippen LogP contribution < -0.4 is 0 Å². The number of hydrogen-bond acceptors (Lipinski definition) is 4. The molecule has 0 amide bonds. The summed E-state index contributed by atoms with van der Waals surface area (Å²) in [6.07, 6.45) is 19.3. The third-order valence-corrected chi connectivity index (χ3v) is 5.70. The molecule has 4 nitrogen and oxygen atoms in total. The molecule has 0 radical (unpaired) electrons. The van der Waals surface area contributed by atoms with Crippen molar-refractivity contribution in [3.05, 3.63) is 0 Å². The second kappa shape index (κ2) is 14.0. The van der Waals surface area contributed by atoms with E-state index in [-0.39, 0.29) is 11.9 Å². The molecule has 2 rings (SSSR count). The molecule has 2 saturated carbocycles. The number of ether oxygens (including phenoxy) is 2. The molecule has 27 heavy (non-hydrogen) atoms. The Morgan fingerprint density at radius 3 is 1.37 bits per heavy atom. The van der Waals surface area contributed by atoms with E-state index in [0.717, 1.165) is 37.5 Å². The fraction of sp³-hybridized carbons (Fsp3) is 0.913. The van der Waals surface area contributed by atoms with Crippen molar-refractivity contribution in [3.8, 4) is 0 Å². The summed E-state index contributed by atoms with van der Waals surface area (Å²) in [6.45, 7) is 0.712. The molecule has 0 aromatic heterocycles. The fourth-order valence-electron chi connectivity index (χ4n) is 3.50. The van der Waals surface area contributed by atoms with Gasteiger partial charge in [0.1, 0.15) is 0 Å². The average Bonchev–Trinajstić information content (AvgIpc) is 3.55. The van der Waals surface area contributed by atoms with Gasteiger partial charge in [-0.25, -0.2) is 0 Å². The second-order valence-corrected chi connectivity index (χ2v) is 8.59. The molecular formula is C23H40O4. The van der Waals surface area contributed by atoms with Gasteiger partial charge in [0.05, 0.1) is 13.2 Å². The summed E-state index contributed by atoms with van der Waals surface area (Å²) >= 11 is 0. The quantitative estimate of drug-likeness (QED) is 0.217. The molecule has 2 fully saturated rings. The Hall–Kier alpha value is -1.06. The van der Waals surface area contributed by atoms with Crippen LogP contribution in [0.2, 0.25) is 0 Å². The van der Waals surface area contributed by atoms with Crippen molar-refractivity contribution in [1.29, 1.82) is 0 Å². The van der Waals surface area contributed by atoms with Gasteiger partial charge in [0.15, 0.2) is 0 Å². The molecule has 0 atom stereocenters. The number of rotatable bonds is 18. The van der Waals surface area contributed by atoms with E-state index in [1.165, 1.54) is 64.2 Å². The predicted octanol–water partition coefficient (Wildman–Crippen LogP) is 5.96. The first-order chi connectivity index (χ1) is 13.2. The number of unbranched alkanes of at least 4 members (excludes halogenated alkanes) is 6. The molecule has 0 bridgehead atoms. The van der Waals surface area contributed by atoms with Gasteiger partial charge in [-0.1, -0.05) is 77.0 Å². The van der Waals surface area contributed by atoms with Gasteiger partial charge in [-0.05, 0) is 24.7 Å². The first-order valence-electron chi connectivity index (χ1n) is 11.6. The van der Waals surface area contributed by atoms with Gasteiger partial charge in [-0.3, -0.25) is 9.59 Å². The maximum absolute atomic E-state index is 11.6. The zero-order chi connectivity index (χ0) is 19.2. The van der Waals surface area contributed by atoms with Crippen LogP contribution in [-0.2, 0) is 19.1 Å². The standard InChI is InChI=1S/C23H40O4/c24-22(12-7-3-1-5-10-20-14-15-20)26-18-9-19-27-23(25)13-8-4-2-6-11-21-16-17-21/h20-21H,1-19H2. The van der Waals surface area contributed by atoms with Crippen molar-refractivity contribution >= 4 is 11.9 Å². The number of carbonyl (C=O) groups excluding carboxylic acids is 2. The molecule has 0 spiro atoms. The summed E-state index contributed by atoms with van der Waals surface area (Å²) in [5, 5.41) is 0. The lowest BCUT2D eigenvalue weighted by Crippen LogP contribution is -2.10. The highest BCUT2D eigenvalue weighted by atomic mass is 16.5. The van der Waals surface area contributed by atoms with Gasteiger partial charge in [0.25, 0.3) is 0 Å². The van der Waals surface area contributed by atoms with Crippen LogP contribution in [0.5, 0.6) is 0 Å². The van der Waals surface area contributed by atoms with E-state index >= 15 is 0 Å². The highest BCUT2D eigenvalue weighted by molar-refractivity contribution is 5.69. The van der Waals surface area contributed by atoms with Crippen molar-refractivity contribution < 1.29 is 19.1 Å². The molecule has 4 heteroatoms. The number of esters is 2. The normalized spacial score (nSPS) is 16.3. The minimum Gasteiger partial charge on any atom is -0.466 e. The Labute approximate surface area is 165 Å². The SMILES string of the molecule is O=C(CCCCCCC1CC1)OCCCOC(=O)CCCCCCC1CC1. The molecule has 0 N–H and O–H groups in total. The lowest BCUT2D eigenvalue weighted by atomic mass is 10.1. The van der Waals surface area contributed by atoms with Crippen LogP contribution >= 0.6 is 0 Å². The Kier molecular flexibility index (Phi) is 11.5. The van der Waals surface area contributed by atoms with Gasteiger partial charge in [0, 0.05) is 19.3 Å². The topological polar surface area (TPSA) is 52.6 Å². The lowest BCUT2D eigenvalue weighted by Gasteiger charge is -2.07. The van der Waals surface area contributed by atoms with Crippen LogP contribution in [0.3, 0.4) is 0 Å². The van der Waals surface area contributed by atoms with E-state index < -0.39 is 0 Å². The molecule has 2 aliphatic carbocycles. The third kappa shape index (κ3) is 13.7. The first-order valence-corrected chi connectivity index (χ1v) is 11.6. The van der Waals surface area contributed by atoms with E-state index in [9.17, 15) is 9.59 Å². The molecular weight excluding hydrogens is 340 g/mol. The fourth-order valence-corrected chi connectivity index (χ4v) is 3.50. The molecule has 0 aromatic rings. The van der Waals surface area contributed by atoms with Crippen molar-refractivity contribution in [1.82, 2.24) is 0 Å². The molecule has 0 aliphatic heterocycles. The monoisotopic (exact) mass is 380 g/mol. The summed E-state index contributed by atoms with van der Waals surface area (Å²) < 4.78 is 10.4. The van der Waals surface area contributed by atoms with Gasteiger partial charge in [-0.15, -0.1) is 0 Å². The first kappa shape index (κ1) is 22.2. The van der Waals surface area contributed by atoms with Gasteiger partial charge < -0.3 is 9.47 Å². The van der Waals surface area contributed by atoms with E-state index in [1.54, 1.807) is 0 Å². The zero-order valence-electron chi connectivity index (χ0n) is 17.2. The van der Waals surface area contributed by atoms with Crippen LogP contribution in [0.15, 0.2) is 0 Å². The summed E-state index contributed by atoms with van der Waals surface area (Å²) in [5.41, 5.74) is 0. The number of carbonyl (C=O) groups is 2. The summed E-state index contributed by atoms with van der Waals surface area (Å²) in [4.78, 5) is 23.3. The smallest absolute Gasteiger partial charge is 0.305 e. The van der Waals surface area contributed by atoms with Crippen LogP contribution in [0.1, 0.15) is 109 Å². The van der Waals surface area contributed by atoms with Crippen LogP contribution in [0, 0.1) is 11.8 Å². The minimum atomic E-state index is -0.116. The Morgan fingerprint density at radius 2 is 0.963 bits per heavy atom. The third-order valence-electron chi connectivity index (χ3n) is 5.70. The molecule has 156 valence electrons. The molecule has 0 heterocycles. The van der Waals surface area contributed by atoms with Crippen molar-refractivity contribution in [2.24, 2.45) is 11.8 Å². The van der Waals surface area contributed by atoms with Crippen LogP contribution in [0.4, 0.5) is 0 Å². The average molecular weight is 381 g/mol. The molecule has 0 saturated heterocycles. The predicted molar refractivity (Wildman–Crippen MR) is 107 cm³/mol. The zero-order valence-corrected chi connectivity index (χ0v) is 17.2. The van der Waals surface area contributed by atoms with E-state index in [2.05, 4.69) is 0 Å². The van der Waals surface area contributed by atoms with Gasteiger partial charge in [0.2, 0.25) is 0 Å². The molecule has 0 aromatic carbocycles. The second-order valence-electron chi connectivity index (χ2n) is 8.59. The summed E-state index contributed by atoms with van der Waals surface area (Å²) in [5.74, 6) is 1.80. The van der Waals surface area contributed by atoms with Crippen molar-refractivity contribution in [2.75, 3.05) is 13.2 Å². The van der Waals surface area contributed by atoms with Gasteiger partial charge >= 0.3 is 11.9 Å². The molecule has 0 unspecified atom stereocenters. The maximum atomic E-state index is 11.6. The molecule has 2 aliphatic rings. The van der Waals surface area contributed by atoms with Crippen LogP contribution in [0.25, 0.3) is 0 Å².